The molecular weight excluding hydrogens is 228 g/mol. The molecule has 0 aliphatic heterocycles. The van der Waals surface area contributed by atoms with Crippen LogP contribution in [0.3, 0.4) is 0 Å². The molecule has 3 aromatic rings. The van der Waals surface area contributed by atoms with E-state index >= 15 is 0 Å². The van der Waals surface area contributed by atoms with E-state index in [1.807, 2.05) is 41.1 Å². The van der Waals surface area contributed by atoms with Crippen LogP contribution in [0.1, 0.15) is 0 Å². The van der Waals surface area contributed by atoms with Crippen LogP contribution in [-0.4, -0.2) is 21.6 Å². The third-order valence-corrected chi connectivity index (χ3v) is 2.81. The van der Waals surface area contributed by atoms with Crippen LogP contribution in [0.15, 0.2) is 42.7 Å². The van der Waals surface area contributed by atoms with Gasteiger partial charge in [0.1, 0.15) is 11.6 Å². The Morgan fingerprint density at radius 2 is 2.11 bits per heavy atom. The third kappa shape index (κ3) is 1.66. The molecule has 5 nitrogen and oxygen atoms in total. The van der Waals surface area contributed by atoms with E-state index in [4.69, 9.17) is 10.5 Å². The smallest absolute Gasteiger partial charge is 0.221 e. The van der Waals surface area contributed by atoms with Gasteiger partial charge in [-0.05, 0) is 24.3 Å². The number of nitrogen functional groups attached to an aromatic ring is 1. The number of hydrogen-bond donors (Lipinski definition) is 1. The first kappa shape index (κ1) is 10.6. The van der Waals surface area contributed by atoms with Crippen LogP contribution in [0, 0.1) is 0 Å². The number of methoxy groups -OCH3 is 1. The maximum atomic E-state index is 5.60. The Morgan fingerprint density at radius 3 is 2.89 bits per heavy atom. The van der Waals surface area contributed by atoms with Crippen LogP contribution in [0.4, 0.5) is 5.95 Å². The van der Waals surface area contributed by atoms with Gasteiger partial charge in [0.05, 0.1) is 12.6 Å². The fourth-order valence-corrected chi connectivity index (χ4v) is 1.93. The maximum Gasteiger partial charge on any atom is 0.221 e. The second kappa shape index (κ2) is 4.03. The van der Waals surface area contributed by atoms with Gasteiger partial charge in [-0.2, -0.15) is 4.98 Å². The zero-order valence-electron chi connectivity index (χ0n) is 9.87. The average Bonchev–Trinajstić information content (AvgIpc) is 2.81. The lowest BCUT2D eigenvalue weighted by molar-refractivity contribution is 0.415. The van der Waals surface area contributed by atoms with Crippen molar-refractivity contribution < 1.29 is 4.74 Å². The molecule has 0 aliphatic carbocycles. The quantitative estimate of drug-likeness (QED) is 0.744. The summed E-state index contributed by atoms with van der Waals surface area (Å²) in [5, 5.41) is 1.12. The predicted molar refractivity (Wildman–Crippen MR) is 69.8 cm³/mol. The van der Waals surface area contributed by atoms with Crippen molar-refractivity contribution in [2.24, 2.45) is 0 Å². The second-order valence-corrected chi connectivity index (χ2v) is 3.88. The summed E-state index contributed by atoms with van der Waals surface area (Å²) in [5.41, 5.74) is 6.63. The summed E-state index contributed by atoms with van der Waals surface area (Å²) >= 11 is 0. The number of nitrogens with two attached hydrogens (primary N) is 1. The fourth-order valence-electron chi connectivity index (χ4n) is 1.93. The van der Waals surface area contributed by atoms with Gasteiger partial charge in [-0.3, -0.25) is 0 Å². The van der Waals surface area contributed by atoms with Crippen LogP contribution < -0.4 is 10.5 Å². The molecule has 3 rings (SSSR count). The number of hydrogen-bond acceptors (Lipinski definition) is 4. The second-order valence-electron chi connectivity index (χ2n) is 3.88. The number of anilines is 1. The number of aromatic nitrogens is 3. The molecule has 0 bridgehead atoms. The third-order valence-electron chi connectivity index (χ3n) is 2.81. The molecule has 90 valence electrons. The molecule has 2 N–H and O–H groups in total. The van der Waals surface area contributed by atoms with Gasteiger partial charge in [-0.1, -0.05) is 0 Å². The van der Waals surface area contributed by atoms with Gasteiger partial charge >= 0.3 is 0 Å². The van der Waals surface area contributed by atoms with Crippen molar-refractivity contribution in [3.05, 3.63) is 42.7 Å². The minimum atomic E-state index is 0.261. The van der Waals surface area contributed by atoms with E-state index in [0.717, 1.165) is 22.5 Å². The first-order valence-corrected chi connectivity index (χ1v) is 5.52. The van der Waals surface area contributed by atoms with Crippen molar-refractivity contribution in [2.45, 2.75) is 0 Å². The number of fused-ring (bicyclic) bond motifs is 1. The van der Waals surface area contributed by atoms with E-state index in [9.17, 15) is 0 Å². The van der Waals surface area contributed by atoms with Gasteiger partial charge in [-0.15, -0.1) is 0 Å². The van der Waals surface area contributed by atoms with Crippen molar-refractivity contribution in [1.29, 1.82) is 0 Å². The highest BCUT2D eigenvalue weighted by molar-refractivity contribution is 5.83. The molecule has 0 atom stereocenters. The lowest BCUT2D eigenvalue weighted by Gasteiger charge is -2.06. The predicted octanol–water partition coefficient (Wildman–Crippen LogP) is 2.01. The van der Waals surface area contributed by atoms with Gasteiger partial charge in [0.25, 0.3) is 0 Å². The summed E-state index contributed by atoms with van der Waals surface area (Å²) in [6.45, 7) is 0. The van der Waals surface area contributed by atoms with Crippen LogP contribution in [-0.2, 0) is 0 Å². The van der Waals surface area contributed by atoms with Gasteiger partial charge < -0.3 is 15.0 Å². The summed E-state index contributed by atoms with van der Waals surface area (Å²) in [4.78, 5) is 8.10. The molecular formula is C13H12N4O. The SMILES string of the molecule is COc1ccc2ccn(-c3ccnc(N)n3)c2c1. The first-order valence-electron chi connectivity index (χ1n) is 5.52. The summed E-state index contributed by atoms with van der Waals surface area (Å²) in [6.07, 6.45) is 3.59. The molecule has 0 saturated carbocycles. The highest BCUT2D eigenvalue weighted by atomic mass is 16.5. The monoisotopic (exact) mass is 240 g/mol. The highest BCUT2D eigenvalue weighted by Crippen LogP contribution is 2.24. The zero-order chi connectivity index (χ0) is 12.5. The zero-order valence-corrected chi connectivity index (χ0v) is 9.87. The van der Waals surface area contributed by atoms with Crippen LogP contribution in [0.5, 0.6) is 5.75 Å². The molecule has 18 heavy (non-hydrogen) atoms. The van der Waals surface area contributed by atoms with Crippen molar-refractivity contribution in [1.82, 2.24) is 14.5 Å². The largest absolute Gasteiger partial charge is 0.497 e. The Kier molecular flexibility index (Phi) is 2.37. The number of nitrogens with zero attached hydrogens (tertiary/aromatic N) is 3. The molecule has 0 radical (unpaired) electrons. The minimum Gasteiger partial charge on any atom is -0.497 e. The topological polar surface area (TPSA) is 66.0 Å². The summed E-state index contributed by atoms with van der Waals surface area (Å²) in [7, 11) is 1.65. The Balaban J connectivity index is 2.22. The van der Waals surface area contributed by atoms with Crippen molar-refractivity contribution >= 4 is 16.9 Å². The molecule has 0 amide bonds. The maximum absolute atomic E-state index is 5.60. The van der Waals surface area contributed by atoms with E-state index < -0.39 is 0 Å². The van der Waals surface area contributed by atoms with Crippen molar-refractivity contribution in [2.75, 3.05) is 12.8 Å². The first-order chi connectivity index (χ1) is 8.78. The van der Waals surface area contributed by atoms with E-state index in [0.29, 0.717) is 0 Å². The number of rotatable bonds is 2. The van der Waals surface area contributed by atoms with E-state index in [1.54, 1.807) is 13.3 Å². The molecule has 0 saturated heterocycles. The standard InChI is InChI=1S/C13H12N4O/c1-18-10-3-2-9-5-7-17(11(9)8-10)12-4-6-15-13(14)16-12/h2-8H,1H3,(H2,14,15,16). The van der Waals surface area contributed by atoms with E-state index in [2.05, 4.69) is 9.97 Å². The molecule has 5 heteroatoms. The lowest BCUT2D eigenvalue weighted by Crippen LogP contribution is -2.00. The summed E-state index contributed by atoms with van der Waals surface area (Å²) < 4.78 is 7.19. The van der Waals surface area contributed by atoms with Crippen LogP contribution in [0.25, 0.3) is 16.7 Å². The van der Waals surface area contributed by atoms with Gasteiger partial charge in [0.15, 0.2) is 0 Å². The Hall–Kier alpha value is -2.56. The summed E-state index contributed by atoms with van der Waals surface area (Å²) in [5.74, 6) is 1.81. The molecule has 0 aliphatic rings. The highest BCUT2D eigenvalue weighted by Gasteiger charge is 2.06. The van der Waals surface area contributed by atoms with E-state index in [-0.39, 0.29) is 5.95 Å². The fraction of sp³-hybridized carbons (Fsp3) is 0.0769. The molecule has 0 unspecified atom stereocenters. The molecule has 0 spiro atoms. The van der Waals surface area contributed by atoms with Crippen molar-refractivity contribution in [3.8, 4) is 11.6 Å². The Morgan fingerprint density at radius 1 is 1.22 bits per heavy atom. The summed E-state index contributed by atoms with van der Waals surface area (Å²) in [6, 6.07) is 9.74. The van der Waals surface area contributed by atoms with E-state index in [1.165, 1.54) is 0 Å². The van der Waals surface area contributed by atoms with Crippen LogP contribution in [0.2, 0.25) is 0 Å². The Labute approximate surface area is 104 Å². The molecule has 2 heterocycles. The normalized spacial score (nSPS) is 10.7. The Bertz CT molecular complexity index is 705. The number of ether oxygens (including phenoxy) is 1. The molecule has 2 aromatic heterocycles. The van der Waals surface area contributed by atoms with Gasteiger partial charge in [-0.25, -0.2) is 4.98 Å². The molecule has 1 aromatic carbocycles. The van der Waals surface area contributed by atoms with Crippen LogP contribution >= 0.6 is 0 Å². The minimum absolute atomic E-state index is 0.261. The van der Waals surface area contributed by atoms with Gasteiger partial charge in [0, 0.05) is 23.8 Å². The average molecular weight is 240 g/mol. The van der Waals surface area contributed by atoms with Crippen molar-refractivity contribution in [3.63, 3.8) is 0 Å². The van der Waals surface area contributed by atoms with Gasteiger partial charge in [0.2, 0.25) is 5.95 Å². The lowest BCUT2D eigenvalue weighted by atomic mass is 10.2. The molecule has 0 fully saturated rings. The number of benzene rings is 1.